The Labute approximate surface area is 146 Å². The van der Waals surface area contributed by atoms with Crippen LogP contribution in [0.4, 0.5) is 8.78 Å². The summed E-state index contributed by atoms with van der Waals surface area (Å²) in [6.45, 7) is 1.35. The fourth-order valence-corrected chi connectivity index (χ4v) is 4.92. The minimum Gasteiger partial charge on any atom is -0.389 e. The van der Waals surface area contributed by atoms with Crippen LogP contribution in [0.1, 0.15) is 32.1 Å². The molecule has 1 aromatic rings. The van der Waals surface area contributed by atoms with E-state index in [2.05, 4.69) is 10.2 Å². The molecule has 142 valence electrons. The summed E-state index contributed by atoms with van der Waals surface area (Å²) in [7, 11) is -3.63. The normalized spacial score (nSPS) is 29.4. The average molecular weight is 378 g/mol. The second-order valence-corrected chi connectivity index (χ2v) is 8.99. The molecule has 2 N–H and O–H groups in total. The van der Waals surface area contributed by atoms with Gasteiger partial charge in [-0.05, 0) is 19.3 Å². The highest BCUT2D eigenvalue weighted by Crippen LogP contribution is 2.31. The van der Waals surface area contributed by atoms with Crippen LogP contribution in [0.3, 0.4) is 0 Å². The number of H-pyrrole nitrogens is 1. The molecule has 3 rings (SSSR count). The predicted octanol–water partition coefficient (Wildman–Crippen LogP) is 1.05. The lowest BCUT2D eigenvalue weighted by atomic mass is 9.93. The minimum atomic E-state index is -3.63. The number of alkyl halides is 2. The maximum Gasteiger partial charge on any atom is 0.250 e. The number of likely N-dealkylation sites (tertiary alicyclic amines) is 1. The number of halogens is 2. The van der Waals surface area contributed by atoms with Gasteiger partial charge in [-0.2, -0.15) is 9.40 Å². The summed E-state index contributed by atoms with van der Waals surface area (Å²) in [4.78, 5) is 1.97. The summed E-state index contributed by atoms with van der Waals surface area (Å²) in [6.07, 6.45) is 3.49. The number of rotatable bonds is 4. The quantitative estimate of drug-likeness (QED) is 0.817. The molecule has 0 spiro atoms. The van der Waals surface area contributed by atoms with E-state index < -0.39 is 21.5 Å². The van der Waals surface area contributed by atoms with E-state index in [1.54, 1.807) is 0 Å². The largest absolute Gasteiger partial charge is 0.389 e. The second kappa shape index (κ2) is 6.90. The molecule has 2 saturated heterocycles. The first-order valence-corrected chi connectivity index (χ1v) is 9.96. The van der Waals surface area contributed by atoms with Crippen molar-refractivity contribution in [2.45, 2.75) is 48.5 Å². The number of sulfonamides is 1. The molecule has 3 heterocycles. The molecular weight excluding hydrogens is 354 g/mol. The number of aromatic amines is 1. The zero-order valence-corrected chi connectivity index (χ0v) is 14.8. The molecular formula is C15H24F2N4O3S. The zero-order valence-electron chi connectivity index (χ0n) is 14.0. The Kier molecular flexibility index (Phi) is 5.16. The SMILES string of the molecule is O=S(=O)(c1cn[nH]c1)N1CCC[C@](O)(CN2CCC(F)(F)CC2)CC1. The summed E-state index contributed by atoms with van der Waals surface area (Å²) < 4.78 is 53.0. The number of aliphatic hydroxyl groups is 1. The fraction of sp³-hybridized carbons (Fsp3) is 0.800. The molecule has 0 saturated carbocycles. The third kappa shape index (κ3) is 4.36. The van der Waals surface area contributed by atoms with Crippen LogP contribution in [-0.2, 0) is 10.0 Å². The van der Waals surface area contributed by atoms with Crippen LogP contribution in [-0.4, -0.2) is 77.2 Å². The smallest absolute Gasteiger partial charge is 0.250 e. The highest BCUT2D eigenvalue weighted by Gasteiger charge is 2.39. The van der Waals surface area contributed by atoms with E-state index in [1.165, 1.54) is 16.7 Å². The van der Waals surface area contributed by atoms with Gasteiger partial charge in [0.1, 0.15) is 4.90 Å². The van der Waals surface area contributed by atoms with E-state index in [4.69, 9.17) is 0 Å². The van der Waals surface area contributed by atoms with Gasteiger partial charge in [0.2, 0.25) is 10.0 Å². The Morgan fingerprint density at radius 3 is 2.52 bits per heavy atom. The molecule has 2 fully saturated rings. The molecule has 1 atom stereocenters. The molecule has 0 unspecified atom stereocenters. The summed E-state index contributed by atoms with van der Waals surface area (Å²) in [5.74, 6) is -2.61. The first-order valence-electron chi connectivity index (χ1n) is 8.52. The number of β-amino-alcohol motifs (C(OH)–C–C–N with tert-alkyl or cyclic N) is 1. The zero-order chi connectivity index (χ0) is 18.1. The molecule has 0 bridgehead atoms. The standard InChI is InChI=1S/C15H24F2N4O3S/c16-15(17)4-7-20(8-5-15)12-14(22)2-1-6-21(9-3-14)25(23,24)13-10-18-19-11-13/h10-11,22H,1-9,12H2,(H,18,19)/t14-/m1/s1. The lowest BCUT2D eigenvalue weighted by Crippen LogP contribution is -2.48. The lowest BCUT2D eigenvalue weighted by Gasteiger charge is -2.37. The number of hydrogen-bond donors (Lipinski definition) is 2. The van der Waals surface area contributed by atoms with E-state index in [1.807, 2.05) is 4.90 Å². The van der Waals surface area contributed by atoms with Crippen LogP contribution < -0.4 is 0 Å². The summed E-state index contributed by atoms with van der Waals surface area (Å²) in [5.41, 5.74) is -1.05. The molecule has 7 nitrogen and oxygen atoms in total. The highest BCUT2D eigenvalue weighted by molar-refractivity contribution is 7.89. The Morgan fingerprint density at radius 2 is 1.88 bits per heavy atom. The number of aromatic nitrogens is 2. The molecule has 0 radical (unpaired) electrons. The van der Waals surface area contributed by atoms with Gasteiger partial charge in [-0.25, -0.2) is 17.2 Å². The average Bonchev–Trinajstić information content (AvgIpc) is 3.01. The topological polar surface area (TPSA) is 89.5 Å². The maximum absolute atomic E-state index is 13.3. The van der Waals surface area contributed by atoms with E-state index in [0.29, 0.717) is 25.9 Å². The summed E-state index contributed by atoms with van der Waals surface area (Å²) >= 11 is 0. The van der Waals surface area contributed by atoms with Crippen LogP contribution in [0.5, 0.6) is 0 Å². The van der Waals surface area contributed by atoms with E-state index in [-0.39, 0.29) is 43.8 Å². The first-order chi connectivity index (χ1) is 11.7. The molecule has 0 amide bonds. The molecule has 1 aromatic heterocycles. The fourth-order valence-electron chi connectivity index (χ4n) is 3.54. The molecule has 0 aliphatic carbocycles. The monoisotopic (exact) mass is 378 g/mol. The minimum absolute atomic E-state index is 0.108. The van der Waals surface area contributed by atoms with Gasteiger partial charge in [0.25, 0.3) is 5.92 Å². The van der Waals surface area contributed by atoms with Gasteiger partial charge in [0, 0.05) is 51.8 Å². The predicted molar refractivity (Wildman–Crippen MR) is 86.8 cm³/mol. The van der Waals surface area contributed by atoms with E-state index >= 15 is 0 Å². The van der Waals surface area contributed by atoms with Crippen LogP contribution in [0.2, 0.25) is 0 Å². The summed E-state index contributed by atoms with van der Waals surface area (Å²) in [5, 5.41) is 17.0. The van der Waals surface area contributed by atoms with Gasteiger partial charge in [-0.1, -0.05) is 0 Å². The van der Waals surface area contributed by atoms with Crippen LogP contribution in [0, 0.1) is 0 Å². The van der Waals surface area contributed by atoms with Crippen molar-refractivity contribution in [2.75, 3.05) is 32.7 Å². The molecule has 10 heteroatoms. The molecule has 0 aromatic carbocycles. The molecule has 2 aliphatic heterocycles. The Bertz CT molecular complexity index is 673. The van der Waals surface area contributed by atoms with E-state index in [0.717, 1.165) is 0 Å². The van der Waals surface area contributed by atoms with Gasteiger partial charge in [-0.15, -0.1) is 0 Å². The van der Waals surface area contributed by atoms with Crippen molar-refractivity contribution in [3.05, 3.63) is 12.4 Å². The molecule has 25 heavy (non-hydrogen) atoms. The van der Waals surface area contributed by atoms with Crippen LogP contribution in [0.15, 0.2) is 17.3 Å². The van der Waals surface area contributed by atoms with E-state index in [9.17, 15) is 22.3 Å². The van der Waals surface area contributed by atoms with Gasteiger partial charge >= 0.3 is 0 Å². The van der Waals surface area contributed by atoms with Gasteiger partial charge < -0.3 is 10.0 Å². The van der Waals surface area contributed by atoms with Crippen molar-refractivity contribution in [3.8, 4) is 0 Å². The number of piperidine rings is 1. The third-order valence-corrected chi connectivity index (χ3v) is 6.96. The Balaban J connectivity index is 1.61. The molecule has 2 aliphatic rings. The van der Waals surface area contributed by atoms with Crippen molar-refractivity contribution in [2.24, 2.45) is 0 Å². The highest BCUT2D eigenvalue weighted by atomic mass is 32.2. The number of hydrogen-bond acceptors (Lipinski definition) is 5. The maximum atomic E-state index is 13.3. The summed E-state index contributed by atoms with van der Waals surface area (Å²) in [6, 6.07) is 0. The van der Waals surface area contributed by atoms with Crippen molar-refractivity contribution >= 4 is 10.0 Å². The van der Waals surface area contributed by atoms with Gasteiger partial charge in [0.15, 0.2) is 0 Å². The number of nitrogens with one attached hydrogen (secondary N) is 1. The van der Waals surface area contributed by atoms with Crippen molar-refractivity contribution < 1.29 is 22.3 Å². The lowest BCUT2D eigenvalue weighted by molar-refractivity contribution is -0.0766. The third-order valence-electron chi connectivity index (χ3n) is 5.09. The van der Waals surface area contributed by atoms with Gasteiger partial charge in [0.05, 0.1) is 11.8 Å². The number of nitrogens with zero attached hydrogens (tertiary/aromatic N) is 3. The first kappa shape index (κ1) is 18.7. The van der Waals surface area contributed by atoms with Crippen molar-refractivity contribution in [1.82, 2.24) is 19.4 Å². The Morgan fingerprint density at radius 1 is 1.16 bits per heavy atom. The van der Waals surface area contributed by atoms with Crippen LogP contribution >= 0.6 is 0 Å². The van der Waals surface area contributed by atoms with Crippen LogP contribution in [0.25, 0.3) is 0 Å². The van der Waals surface area contributed by atoms with Crippen molar-refractivity contribution in [1.29, 1.82) is 0 Å². The second-order valence-electron chi connectivity index (χ2n) is 7.05. The Hall–Kier alpha value is -1.10. The van der Waals surface area contributed by atoms with Gasteiger partial charge in [-0.3, -0.25) is 5.10 Å². The van der Waals surface area contributed by atoms with Crippen molar-refractivity contribution in [3.63, 3.8) is 0 Å².